The molecule has 1 aromatic heterocycles. The van der Waals surface area contributed by atoms with Gasteiger partial charge in [-0.05, 0) is 22.3 Å². The molecule has 35 heavy (non-hydrogen) atoms. The van der Waals surface area contributed by atoms with Gasteiger partial charge in [0, 0.05) is 24.2 Å². The molecule has 4 N–H and O–H groups in total. The van der Waals surface area contributed by atoms with Gasteiger partial charge in [-0.3, -0.25) is 4.79 Å². The van der Waals surface area contributed by atoms with E-state index in [1.807, 2.05) is 53.8 Å². The molecular formula is C24H22F2N4O5. The van der Waals surface area contributed by atoms with E-state index in [0.29, 0.717) is 5.69 Å². The molecule has 0 aliphatic heterocycles. The number of alkyl halides is 2. The minimum atomic E-state index is -4.06. The van der Waals surface area contributed by atoms with Crippen LogP contribution in [0.25, 0.3) is 11.1 Å². The Kier molecular flexibility index (Phi) is 6.76. The van der Waals surface area contributed by atoms with E-state index in [1.165, 1.54) is 12.5 Å². The summed E-state index contributed by atoms with van der Waals surface area (Å²) in [7, 11) is 0. The monoisotopic (exact) mass is 484 g/mol. The number of rotatable bonds is 9. The summed E-state index contributed by atoms with van der Waals surface area (Å²) in [6.07, 6.45) is 1.23. The van der Waals surface area contributed by atoms with Gasteiger partial charge in [0.15, 0.2) is 0 Å². The van der Waals surface area contributed by atoms with Gasteiger partial charge in [-0.2, -0.15) is 8.78 Å². The Morgan fingerprint density at radius 3 is 2.29 bits per heavy atom. The second-order valence-electron chi connectivity index (χ2n) is 8.03. The van der Waals surface area contributed by atoms with Crippen LogP contribution in [0.3, 0.4) is 0 Å². The first-order valence-electron chi connectivity index (χ1n) is 10.7. The largest absolute Gasteiger partial charge is 0.480 e. The normalized spacial score (nSPS) is 13.4. The Morgan fingerprint density at radius 2 is 1.71 bits per heavy atom. The molecule has 9 nitrogen and oxygen atoms in total. The maximum atomic E-state index is 14.3. The lowest BCUT2D eigenvalue weighted by Crippen LogP contribution is -2.53. The third-order valence-electron chi connectivity index (χ3n) is 5.71. The van der Waals surface area contributed by atoms with Crippen molar-refractivity contribution in [1.29, 1.82) is 0 Å². The van der Waals surface area contributed by atoms with Crippen LogP contribution in [0, 0.1) is 0 Å². The highest BCUT2D eigenvalue weighted by Gasteiger charge is 2.41. The maximum Gasteiger partial charge on any atom is 0.407 e. The molecule has 0 spiro atoms. The minimum absolute atomic E-state index is 0.0805. The molecule has 182 valence electrons. The molecule has 0 fully saturated rings. The summed E-state index contributed by atoms with van der Waals surface area (Å²) >= 11 is 0. The molecular weight excluding hydrogens is 462 g/mol. The van der Waals surface area contributed by atoms with Gasteiger partial charge in [-0.15, -0.1) is 0 Å². The van der Waals surface area contributed by atoms with Crippen molar-refractivity contribution in [1.82, 2.24) is 20.6 Å². The number of benzene rings is 2. The number of ether oxygens (including phenoxy) is 1. The molecule has 4 rings (SSSR count). The van der Waals surface area contributed by atoms with E-state index in [0.717, 1.165) is 22.3 Å². The number of nitrogens with zero attached hydrogens (tertiary/aromatic N) is 1. The van der Waals surface area contributed by atoms with Gasteiger partial charge in [0.1, 0.15) is 12.6 Å². The lowest BCUT2D eigenvalue weighted by molar-refractivity contribution is -0.150. The number of alkyl carbamates (subject to hydrolysis) is 1. The van der Waals surface area contributed by atoms with Crippen LogP contribution in [-0.4, -0.2) is 58.2 Å². The number of aromatic amines is 1. The predicted octanol–water partition coefficient (Wildman–Crippen LogP) is 2.70. The Hall–Kier alpha value is -4.28. The first-order valence-corrected chi connectivity index (χ1v) is 10.7. The molecule has 1 atom stereocenters. The fourth-order valence-corrected chi connectivity index (χ4v) is 3.99. The van der Waals surface area contributed by atoms with E-state index in [1.54, 1.807) is 5.32 Å². The van der Waals surface area contributed by atoms with Gasteiger partial charge in [0.05, 0.1) is 12.9 Å². The molecule has 0 saturated carbocycles. The highest BCUT2D eigenvalue weighted by molar-refractivity contribution is 5.88. The number of carboxylic acids is 1. The van der Waals surface area contributed by atoms with Gasteiger partial charge in [-0.25, -0.2) is 14.6 Å². The Morgan fingerprint density at radius 1 is 1.09 bits per heavy atom. The van der Waals surface area contributed by atoms with Gasteiger partial charge < -0.3 is 25.5 Å². The van der Waals surface area contributed by atoms with Crippen LogP contribution < -0.4 is 10.6 Å². The Labute approximate surface area is 198 Å². The molecule has 3 aromatic rings. The van der Waals surface area contributed by atoms with Gasteiger partial charge >= 0.3 is 18.0 Å². The average Bonchev–Trinajstić information content (AvgIpc) is 3.47. The van der Waals surface area contributed by atoms with E-state index >= 15 is 0 Å². The zero-order valence-corrected chi connectivity index (χ0v) is 18.3. The number of halogens is 2. The smallest absolute Gasteiger partial charge is 0.407 e. The fourth-order valence-electron chi connectivity index (χ4n) is 3.99. The topological polar surface area (TPSA) is 133 Å². The van der Waals surface area contributed by atoms with Crippen molar-refractivity contribution in [3.63, 3.8) is 0 Å². The van der Waals surface area contributed by atoms with Crippen molar-refractivity contribution in [2.24, 2.45) is 0 Å². The van der Waals surface area contributed by atoms with Crippen molar-refractivity contribution >= 4 is 18.0 Å². The number of carboxylic acid groups (broad SMARTS) is 1. The standard InChI is InChI=1S/C24H22F2N4O5/c25-24(26,22(33)30-20(21(31)32)9-14-10-27-13-29-14)12-28-23(34)35-11-19-17-7-3-1-5-15(17)16-6-2-4-8-18(16)19/h1-8,10,13,19-20H,9,11-12H2,(H,27,29)(H,28,34)(H,30,33)(H,31,32). The number of carbonyl (C=O) groups excluding carboxylic acids is 2. The maximum absolute atomic E-state index is 14.3. The van der Waals surface area contributed by atoms with Crippen LogP contribution in [0.5, 0.6) is 0 Å². The average molecular weight is 484 g/mol. The van der Waals surface area contributed by atoms with Gasteiger partial charge in [0.2, 0.25) is 0 Å². The molecule has 0 bridgehead atoms. The minimum Gasteiger partial charge on any atom is -0.480 e. The van der Waals surface area contributed by atoms with Crippen LogP contribution in [0.15, 0.2) is 61.1 Å². The summed E-state index contributed by atoms with van der Waals surface area (Å²) in [4.78, 5) is 41.9. The summed E-state index contributed by atoms with van der Waals surface area (Å²) in [6.45, 7) is -1.44. The number of hydrogen-bond acceptors (Lipinski definition) is 5. The second kappa shape index (κ2) is 9.92. The van der Waals surface area contributed by atoms with E-state index < -0.39 is 36.5 Å². The summed E-state index contributed by atoms with van der Waals surface area (Å²) in [5, 5.41) is 12.9. The zero-order valence-electron chi connectivity index (χ0n) is 18.3. The summed E-state index contributed by atoms with van der Waals surface area (Å²) in [5.41, 5.74) is 4.30. The van der Waals surface area contributed by atoms with Crippen molar-refractivity contribution in [3.8, 4) is 11.1 Å². The van der Waals surface area contributed by atoms with E-state index in [9.17, 15) is 28.3 Å². The number of imidazole rings is 1. The Balaban J connectivity index is 1.32. The molecule has 1 aliphatic carbocycles. The fraction of sp³-hybridized carbons (Fsp3) is 0.250. The lowest BCUT2D eigenvalue weighted by Gasteiger charge is -2.20. The molecule has 2 amide bonds. The lowest BCUT2D eigenvalue weighted by atomic mass is 9.98. The number of aliphatic carboxylic acids is 1. The number of amides is 2. The Bertz CT molecular complexity index is 1190. The van der Waals surface area contributed by atoms with E-state index in [-0.39, 0.29) is 18.9 Å². The summed E-state index contributed by atoms with van der Waals surface area (Å²) in [5.74, 6) is -7.64. The molecule has 1 heterocycles. The first-order chi connectivity index (χ1) is 16.8. The van der Waals surface area contributed by atoms with Crippen LogP contribution in [-0.2, 0) is 20.7 Å². The number of H-pyrrole nitrogens is 1. The second-order valence-corrected chi connectivity index (χ2v) is 8.03. The van der Waals surface area contributed by atoms with Gasteiger partial charge in [0.25, 0.3) is 5.91 Å². The van der Waals surface area contributed by atoms with Crippen LogP contribution >= 0.6 is 0 Å². The van der Waals surface area contributed by atoms with E-state index in [4.69, 9.17) is 4.74 Å². The predicted molar refractivity (Wildman–Crippen MR) is 120 cm³/mol. The summed E-state index contributed by atoms with van der Waals surface area (Å²) in [6, 6.07) is 13.7. The van der Waals surface area contributed by atoms with Crippen molar-refractivity contribution in [3.05, 3.63) is 77.9 Å². The number of aromatic nitrogens is 2. The third kappa shape index (κ3) is 5.29. The number of carbonyl (C=O) groups is 3. The SMILES string of the molecule is O=C(NCC(F)(F)C(=O)NC(Cc1cnc[nH]1)C(=O)O)OCC1c2ccccc2-c2ccccc21. The van der Waals surface area contributed by atoms with E-state index in [2.05, 4.69) is 9.97 Å². The molecule has 2 aromatic carbocycles. The van der Waals surface area contributed by atoms with Crippen LogP contribution in [0.1, 0.15) is 22.7 Å². The summed E-state index contributed by atoms with van der Waals surface area (Å²) < 4.78 is 33.8. The molecule has 0 saturated heterocycles. The quantitative estimate of drug-likeness (QED) is 0.369. The van der Waals surface area contributed by atoms with Crippen LogP contribution in [0.4, 0.5) is 13.6 Å². The van der Waals surface area contributed by atoms with Crippen molar-refractivity contribution in [2.45, 2.75) is 24.3 Å². The van der Waals surface area contributed by atoms with Gasteiger partial charge in [-0.1, -0.05) is 48.5 Å². The molecule has 0 radical (unpaired) electrons. The molecule has 1 unspecified atom stereocenters. The molecule has 11 heteroatoms. The van der Waals surface area contributed by atoms with Crippen molar-refractivity contribution in [2.75, 3.05) is 13.2 Å². The third-order valence-corrected chi connectivity index (χ3v) is 5.71. The molecule has 1 aliphatic rings. The highest BCUT2D eigenvalue weighted by Crippen LogP contribution is 2.44. The van der Waals surface area contributed by atoms with Crippen LogP contribution in [0.2, 0.25) is 0 Å². The zero-order chi connectivity index (χ0) is 25.0. The first kappa shape index (κ1) is 23.9. The number of nitrogens with one attached hydrogen (secondary N) is 3. The highest BCUT2D eigenvalue weighted by atomic mass is 19.3. The number of hydrogen-bond donors (Lipinski definition) is 4. The van der Waals surface area contributed by atoms with Crippen molar-refractivity contribution < 1.29 is 33.0 Å². The number of fused-ring (bicyclic) bond motifs is 3.